The fourth-order valence-electron chi connectivity index (χ4n) is 10.4. The summed E-state index contributed by atoms with van der Waals surface area (Å²) in [5, 5.41) is 53.2. The fourth-order valence-corrected chi connectivity index (χ4v) is 10.4. The number of anilines is 6. The van der Waals surface area contributed by atoms with Crippen molar-refractivity contribution in [1.29, 1.82) is 0 Å². The third-order valence-corrected chi connectivity index (χ3v) is 14.9. The molecule has 3 aromatic carbocycles. The van der Waals surface area contributed by atoms with Gasteiger partial charge >= 0.3 is 0 Å². The number of nitrogens with two attached hydrogens (primary N) is 3. The van der Waals surface area contributed by atoms with Crippen molar-refractivity contribution in [2.24, 2.45) is 17.2 Å². The highest BCUT2D eigenvalue weighted by atomic mass is 16.5. The molecular formula is C57H72N18O6. The minimum absolute atomic E-state index is 0.138. The summed E-state index contributed by atoms with van der Waals surface area (Å²) in [6, 6.07) is 28.8. The molecule has 12 N–H and O–H groups in total. The molecule has 426 valence electrons. The van der Waals surface area contributed by atoms with Gasteiger partial charge in [-0.1, -0.05) is 18.2 Å². The Balaban J connectivity index is 0.000000136. The summed E-state index contributed by atoms with van der Waals surface area (Å²) in [6.45, 7) is 6.44. The van der Waals surface area contributed by atoms with Gasteiger partial charge in [0.1, 0.15) is 52.8 Å². The zero-order chi connectivity index (χ0) is 56.4. The number of piperidine rings is 3. The van der Waals surface area contributed by atoms with E-state index in [0.29, 0.717) is 39.3 Å². The van der Waals surface area contributed by atoms with Crippen LogP contribution in [-0.4, -0.2) is 171 Å². The van der Waals surface area contributed by atoms with Crippen LogP contribution in [0.1, 0.15) is 36.0 Å². The van der Waals surface area contributed by atoms with E-state index in [1.54, 1.807) is 21.3 Å². The molecule has 0 unspecified atom stereocenters. The standard InChI is InChI=1S/3C19H24N6O2/c3*1-27-15-4-2-3-14(9-15)23-19-18-13(5-8-25(18)22-12-21-19)10-24-7-6-16(20)17(26)11-24/h3*2-5,8-9,12,16-17,26H,6-7,10-11,20H2,1H3,(H,21,22,23)/t3*16-,17-/m111/s1. The van der Waals surface area contributed by atoms with Crippen molar-refractivity contribution in [1.82, 2.24) is 58.5 Å². The van der Waals surface area contributed by atoms with Gasteiger partial charge in [0.05, 0.1) is 39.6 Å². The number of hydrogen-bond donors (Lipinski definition) is 9. The first-order valence-corrected chi connectivity index (χ1v) is 27.1. The van der Waals surface area contributed by atoms with Gasteiger partial charge in [0.2, 0.25) is 0 Å². The van der Waals surface area contributed by atoms with E-state index < -0.39 is 18.3 Å². The molecule has 6 atom stereocenters. The first kappa shape index (κ1) is 56.2. The Hall–Kier alpha value is -8.04. The lowest BCUT2D eigenvalue weighted by molar-refractivity contribution is 0.0500. The summed E-state index contributed by atoms with van der Waals surface area (Å²) in [5.41, 5.74) is 26.5. The van der Waals surface area contributed by atoms with E-state index in [4.69, 9.17) is 31.4 Å². The molecule has 24 nitrogen and oxygen atoms in total. The molecule has 12 rings (SSSR count). The van der Waals surface area contributed by atoms with Crippen LogP contribution < -0.4 is 47.4 Å². The number of ether oxygens (including phenoxy) is 3. The molecule has 0 spiro atoms. The van der Waals surface area contributed by atoms with E-state index in [9.17, 15) is 15.3 Å². The van der Waals surface area contributed by atoms with E-state index in [0.717, 1.165) is 124 Å². The molecule has 6 aromatic heterocycles. The molecule has 9 aromatic rings. The Morgan fingerprint density at radius 1 is 0.457 bits per heavy atom. The largest absolute Gasteiger partial charge is 0.497 e. The number of aliphatic hydroxyl groups excluding tert-OH is 3. The summed E-state index contributed by atoms with van der Waals surface area (Å²) < 4.78 is 21.3. The highest BCUT2D eigenvalue weighted by Gasteiger charge is 2.28. The van der Waals surface area contributed by atoms with Crippen molar-refractivity contribution < 1.29 is 29.5 Å². The van der Waals surface area contributed by atoms with E-state index in [-0.39, 0.29) is 18.1 Å². The quantitative estimate of drug-likeness (QED) is 0.0697. The van der Waals surface area contributed by atoms with Crippen molar-refractivity contribution in [3.63, 3.8) is 0 Å². The van der Waals surface area contributed by atoms with Crippen molar-refractivity contribution in [2.45, 2.75) is 75.3 Å². The smallest absolute Gasteiger partial charge is 0.158 e. The topological polar surface area (TPSA) is 303 Å². The fraction of sp³-hybridized carbons (Fsp3) is 0.368. The second kappa shape index (κ2) is 26.0. The van der Waals surface area contributed by atoms with E-state index in [2.05, 4.69) is 60.9 Å². The van der Waals surface area contributed by atoms with Crippen molar-refractivity contribution >= 4 is 51.1 Å². The average molecular weight is 1110 g/mol. The van der Waals surface area contributed by atoms with Gasteiger partial charge in [-0.25, -0.2) is 28.5 Å². The Morgan fingerprint density at radius 2 is 0.753 bits per heavy atom. The number of aromatic nitrogens is 9. The van der Waals surface area contributed by atoms with Gasteiger partial charge in [-0.15, -0.1) is 0 Å². The number of methoxy groups -OCH3 is 3. The van der Waals surface area contributed by atoms with Crippen LogP contribution >= 0.6 is 0 Å². The lowest BCUT2D eigenvalue weighted by atomic mass is 10.0. The lowest BCUT2D eigenvalue weighted by Crippen LogP contribution is -2.50. The van der Waals surface area contributed by atoms with Gasteiger partial charge in [-0.2, -0.15) is 15.3 Å². The van der Waals surface area contributed by atoms with Crippen molar-refractivity contribution in [3.05, 3.63) is 145 Å². The van der Waals surface area contributed by atoms with Gasteiger partial charge < -0.3 is 62.7 Å². The molecule has 9 heterocycles. The van der Waals surface area contributed by atoms with Crippen LogP contribution in [0.5, 0.6) is 17.2 Å². The number of fused-ring (bicyclic) bond motifs is 3. The third kappa shape index (κ3) is 13.8. The molecule has 0 amide bonds. The maximum Gasteiger partial charge on any atom is 0.158 e. The Labute approximate surface area is 469 Å². The molecule has 0 saturated carbocycles. The monoisotopic (exact) mass is 1100 g/mol. The van der Waals surface area contributed by atoms with Crippen LogP contribution in [0.25, 0.3) is 16.6 Å². The van der Waals surface area contributed by atoms with Gasteiger partial charge in [-0.3, -0.25) is 14.7 Å². The number of rotatable bonds is 15. The van der Waals surface area contributed by atoms with Crippen LogP contribution in [0.2, 0.25) is 0 Å². The van der Waals surface area contributed by atoms with Crippen LogP contribution in [0.4, 0.5) is 34.5 Å². The SMILES string of the molecule is COc1cccc(Nc2ncnn3ccc(CN4CC[C@@H](N)[C@H](O)C4)c23)c1.COc1cccc(Nc2ncnn3ccc(CN4CC[C@@H](N)[C@H](O)C4)c23)c1.COc1cccc(Nc2ncnn3ccc(CN4CC[C@@H](N)[C@H](O)C4)c23)c1. The summed E-state index contributed by atoms with van der Waals surface area (Å²) in [5.74, 6) is 4.52. The normalized spacial score (nSPS) is 20.7. The number of likely N-dealkylation sites (tertiary alicyclic amines) is 3. The van der Waals surface area contributed by atoms with Gasteiger partial charge in [0.25, 0.3) is 0 Å². The predicted octanol–water partition coefficient (Wildman–Crippen LogP) is 4.13. The van der Waals surface area contributed by atoms with Crippen LogP contribution in [0, 0.1) is 0 Å². The maximum atomic E-state index is 10.1. The minimum atomic E-state index is -0.488. The number of benzene rings is 3. The summed E-state index contributed by atoms with van der Waals surface area (Å²) in [7, 11) is 4.93. The van der Waals surface area contributed by atoms with Gasteiger partial charge in [-0.05, 0) is 90.6 Å². The molecule has 3 aliphatic rings. The van der Waals surface area contributed by atoms with E-state index in [1.165, 1.54) is 19.0 Å². The third-order valence-electron chi connectivity index (χ3n) is 14.9. The number of nitrogens with one attached hydrogen (secondary N) is 3. The first-order chi connectivity index (χ1) is 39.4. The summed E-state index contributed by atoms with van der Waals surface area (Å²) in [4.78, 5) is 20.0. The van der Waals surface area contributed by atoms with Crippen molar-refractivity contribution in [3.8, 4) is 17.2 Å². The molecule has 24 heteroatoms. The number of aliphatic hydroxyl groups is 3. The zero-order valence-corrected chi connectivity index (χ0v) is 45.7. The second-order valence-corrected chi connectivity index (χ2v) is 20.6. The average Bonchev–Trinajstić information content (AvgIpc) is 4.44. The predicted molar refractivity (Wildman–Crippen MR) is 309 cm³/mol. The molecule has 3 saturated heterocycles. The summed E-state index contributed by atoms with van der Waals surface area (Å²) in [6.07, 6.45) is 11.3. The molecule has 3 fully saturated rings. The van der Waals surface area contributed by atoms with Crippen LogP contribution in [0.3, 0.4) is 0 Å². The highest BCUT2D eigenvalue weighted by molar-refractivity contribution is 5.79. The maximum absolute atomic E-state index is 10.1. The Kier molecular flexibility index (Phi) is 18.1. The second-order valence-electron chi connectivity index (χ2n) is 20.6. The van der Waals surface area contributed by atoms with E-state index in [1.807, 2.05) is 123 Å². The Morgan fingerprint density at radius 3 is 1.02 bits per heavy atom. The first-order valence-electron chi connectivity index (χ1n) is 27.1. The molecule has 3 aliphatic heterocycles. The lowest BCUT2D eigenvalue weighted by Gasteiger charge is -2.33. The zero-order valence-electron chi connectivity index (χ0n) is 45.7. The summed E-state index contributed by atoms with van der Waals surface area (Å²) >= 11 is 0. The number of hydrogen-bond acceptors (Lipinski definition) is 21. The molecule has 0 bridgehead atoms. The Bertz CT molecular complexity index is 3140. The number of β-amino-alcohol motifs (C(OH)–C–C–N with tert-alkyl or cyclic N) is 3. The van der Waals surface area contributed by atoms with Gasteiger partial charge in [0, 0.05) is 131 Å². The minimum Gasteiger partial charge on any atom is -0.497 e. The van der Waals surface area contributed by atoms with Gasteiger partial charge in [0.15, 0.2) is 17.5 Å². The van der Waals surface area contributed by atoms with Crippen LogP contribution in [-0.2, 0) is 19.6 Å². The molecule has 0 aliphatic carbocycles. The highest BCUT2D eigenvalue weighted by Crippen LogP contribution is 2.30. The molecule has 0 radical (unpaired) electrons. The van der Waals surface area contributed by atoms with Crippen LogP contribution in [0.15, 0.2) is 129 Å². The molecule has 81 heavy (non-hydrogen) atoms. The number of nitrogens with zero attached hydrogens (tertiary/aromatic N) is 12. The van der Waals surface area contributed by atoms with E-state index >= 15 is 0 Å². The van der Waals surface area contributed by atoms with Crippen molar-refractivity contribution in [2.75, 3.05) is 76.5 Å². The molecular weight excluding hydrogens is 1030 g/mol.